The first kappa shape index (κ1) is 19.9. The van der Waals surface area contributed by atoms with Crippen molar-refractivity contribution in [1.82, 2.24) is 20.8 Å². The number of ether oxygens (including phenoxy) is 1. The Morgan fingerprint density at radius 3 is 2.79 bits per heavy atom. The lowest BCUT2D eigenvalue weighted by atomic mass is 10.2. The summed E-state index contributed by atoms with van der Waals surface area (Å²) in [5, 5.41) is 9.90. The summed E-state index contributed by atoms with van der Waals surface area (Å²) >= 11 is 0. The van der Waals surface area contributed by atoms with Crippen molar-refractivity contribution in [3.63, 3.8) is 0 Å². The molecule has 1 aromatic carbocycles. The molecule has 0 bridgehead atoms. The van der Waals surface area contributed by atoms with Crippen LogP contribution in [0.1, 0.15) is 35.9 Å². The second kappa shape index (κ2) is 9.89. The van der Waals surface area contributed by atoms with Crippen LogP contribution in [0.25, 0.3) is 0 Å². The number of benzene rings is 1. The van der Waals surface area contributed by atoms with E-state index in [0.29, 0.717) is 29.6 Å². The Hall–Kier alpha value is -2.12. The molecule has 1 heterocycles. The van der Waals surface area contributed by atoms with Gasteiger partial charge in [0.15, 0.2) is 6.61 Å². The fourth-order valence-corrected chi connectivity index (χ4v) is 2.08. The number of para-hydroxylation sites is 1. The van der Waals surface area contributed by atoms with E-state index < -0.39 is 0 Å². The van der Waals surface area contributed by atoms with Gasteiger partial charge in [-0.2, -0.15) is 4.98 Å². The van der Waals surface area contributed by atoms with Gasteiger partial charge in [0, 0.05) is 19.5 Å². The number of aromatic nitrogens is 2. The van der Waals surface area contributed by atoms with E-state index in [1.807, 2.05) is 19.9 Å². The molecule has 0 aliphatic heterocycles. The average Bonchev–Trinajstić information content (AvgIpc) is 2.97. The van der Waals surface area contributed by atoms with Gasteiger partial charge in [-0.1, -0.05) is 24.2 Å². The lowest BCUT2D eigenvalue weighted by Crippen LogP contribution is -2.38. The SMILES string of the molecule is CCN[C@H](C)CNC(=O)c1ccccc1OCc1noc(C)n1.Cl. The molecular weight excluding hydrogens is 332 g/mol. The van der Waals surface area contributed by atoms with E-state index in [9.17, 15) is 4.79 Å². The van der Waals surface area contributed by atoms with Crippen molar-refractivity contribution in [3.05, 3.63) is 41.5 Å². The van der Waals surface area contributed by atoms with Gasteiger partial charge in [0.05, 0.1) is 5.56 Å². The molecule has 2 aromatic rings. The lowest BCUT2D eigenvalue weighted by molar-refractivity contribution is 0.0945. The van der Waals surface area contributed by atoms with E-state index in [1.165, 1.54) is 0 Å². The van der Waals surface area contributed by atoms with Gasteiger partial charge in [-0.05, 0) is 25.6 Å². The molecule has 7 nitrogen and oxygen atoms in total. The van der Waals surface area contributed by atoms with E-state index in [2.05, 4.69) is 20.8 Å². The molecule has 0 aliphatic carbocycles. The van der Waals surface area contributed by atoms with Crippen molar-refractivity contribution in [3.8, 4) is 5.75 Å². The number of halogens is 1. The van der Waals surface area contributed by atoms with Crippen LogP contribution in [0.2, 0.25) is 0 Å². The zero-order valence-corrected chi connectivity index (χ0v) is 14.9. The largest absolute Gasteiger partial charge is 0.485 e. The van der Waals surface area contributed by atoms with Gasteiger partial charge in [-0.25, -0.2) is 0 Å². The number of likely N-dealkylation sites (N-methyl/N-ethyl adjacent to an activating group) is 1. The molecule has 1 amide bonds. The number of amides is 1. The number of nitrogens with one attached hydrogen (secondary N) is 2. The van der Waals surface area contributed by atoms with Gasteiger partial charge >= 0.3 is 0 Å². The number of carbonyl (C=O) groups excluding carboxylic acids is 1. The molecule has 2 N–H and O–H groups in total. The smallest absolute Gasteiger partial charge is 0.255 e. The number of hydrogen-bond acceptors (Lipinski definition) is 6. The Morgan fingerprint density at radius 1 is 1.38 bits per heavy atom. The normalized spacial score (nSPS) is 11.5. The predicted molar refractivity (Wildman–Crippen MR) is 92.5 cm³/mol. The predicted octanol–water partition coefficient (Wildman–Crippen LogP) is 2.11. The fraction of sp³-hybridized carbons (Fsp3) is 0.438. The molecule has 0 spiro atoms. The molecule has 8 heteroatoms. The molecule has 0 radical (unpaired) electrons. The summed E-state index contributed by atoms with van der Waals surface area (Å²) in [6.07, 6.45) is 0. The molecule has 2 rings (SSSR count). The van der Waals surface area contributed by atoms with Gasteiger partial charge in [-0.3, -0.25) is 4.79 Å². The standard InChI is InChI=1S/C16H22N4O3.ClH/c1-4-17-11(2)9-18-16(21)13-7-5-6-8-14(13)22-10-15-19-12(3)23-20-15;/h5-8,11,17H,4,9-10H2,1-3H3,(H,18,21);1H/t11-;/m1./s1. The Balaban J connectivity index is 0.00000288. The maximum Gasteiger partial charge on any atom is 0.255 e. The van der Waals surface area contributed by atoms with Gasteiger partial charge in [0.1, 0.15) is 5.75 Å². The lowest BCUT2D eigenvalue weighted by Gasteiger charge is -2.14. The van der Waals surface area contributed by atoms with Crippen molar-refractivity contribution in [2.75, 3.05) is 13.1 Å². The maximum atomic E-state index is 12.3. The van der Waals surface area contributed by atoms with E-state index in [4.69, 9.17) is 9.26 Å². The summed E-state index contributed by atoms with van der Waals surface area (Å²) in [6.45, 7) is 7.32. The van der Waals surface area contributed by atoms with Gasteiger partial charge < -0.3 is 19.9 Å². The number of rotatable bonds is 8. The summed E-state index contributed by atoms with van der Waals surface area (Å²) in [5.41, 5.74) is 0.483. The Morgan fingerprint density at radius 2 is 2.12 bits per heavy atom. The van der Waals surface area contributed by atoms with Crippen molar-refractivity contribution >= 4 is 18.3 Å². The molecule has 1 atom stereocenters. The van der Waals surface area contributed by atoms with Crippen LogP contribution in [0.15, 0.2) is 28.8 Å². The van der Waals surface area contributed by atoms with Crippen LogP contribution in [0, 0.1) is 6.92 Å². The molecule has 24 heavy (non-hydrogen) atoms. The minimum atomic E-state index is -0.172. The van der Waals surface area contributed by atoms with Crippen molar-refractivity contribution in [1.29, 1.82) is 0 Å². The average molecular weight is 355 g/mol. The van der Waals surface area contributed by atoms with E-state index in [-0.39, 0.29) is 31.0 Å². The van der Waals surface area contributed by atoms with Crippen LogP contribution in [-0.2, 0) is 6.61 Å². The topological polar surface area (TPSA) is 89.3 Å². The molecule has 1 aromatic heterocycles. The van der Waals surface area contributed by atoms with E-state index in [0.717, 1.165) is 6.54 Å². The van der Waals surface area contributed by atoms with Crippen LogP contribution < -0.4 is 15.4 Å². The zero-order valence-electron chi connectivity index (χ0n) is 14.0. The van der Waals surface area contributed by atoms with Crippen molar-refractivity contribution < 1.29 is 14.1 Å². The van der Waals surface area contributed by atoms with Crippen LogP contribution >= 0.6 is 12.4 Å². The molecule has 0 unspecified atom stereocenters. The monoisotopic (exact) mass is 354 g/mol. The quantitative estimate of drug-likeness (QED) is 0.754. The minimum absolute atomic E-state index is 0. The maximum absolute atomic E-state index is 12.3. The first-order valence-corrected chi connectivity index (χ1v) is 7.62. The Labute approximate surface area is 147 Å². The molecule has 0 aliphatic rings. The molecular formula is C16H23ClN4O3. The third-order valence-corrected chi connectivity index (χ3v) is 3.18. The summed E-state index contributed by atoms with van der Waals surface area (Å²) < 4.78 is 10.5. The van der Waals surface area contributed by atoms with Crippen LogP contribution in [0.4, 0.5) is 0 Å². The second-order valence-corrected chi connectivity index (χ2v) is 5.18. The zero-order chi connectivity index (χ0) is 16.7. The summed E-state index contributed by atoms with van der Waals surface area (Å²) in [6, 6.07) is 7.29. The highest BCUT2D eigenvalue weighted by Crippen LogP contribution is 2.18. The molecule has 132 valence electrons. The summed E-state index contributed by atoms with van der Waals surface area (Å²) in [5.74, 6) is 1.24. The van der Waals surface area contributed by atoms with Crippen LogP contribution in [0.3, 0.4) is 0 Å². The first-order chi connectivity index (χ1) is 11.1. The second-order valence-electron chi connectivity index (χ2n) is 5.18. The number of hydrogen-bond donors (Lipinski definition) is 2. The number of nitrogens with zero attached hydrogens (tertiary/aromatic N) is 2. The minimum Gasteiger partial charge on any atom is -0.485 e. The first-order valence-electron chi connectivity index (χ1n) is 7.62. The Bertz CT molecular complexity index is 648. The van der Waals surface area contributed by atoms with Crippen molar-refractivity contribution in [2.24, 2.45) is 0 Å². The number of carbonyl (C=O) groups is 1. The Kier molecular flexibility index (Phi) is 8.21. The van der Waals surface area contributed by atoms with Crippen molar-refractivity contribution in [2.45, 2.75) is 33.4 Å². The van der Waals surface area contributed by atoms with E-state index in [1.54, 1.807) is 25.1 Å². The van der Waals surface area contributed by atoms with Crippen LogP contribution in [0.5, 0.6) is 5.75 Å². The van der Waals surface area contributed by atoms with Gasteiger partial charge in [0.25, 0.3) is 5.91 Å². The molecule has 0 saturated heterocycles. The fourth-order valence-electron chi connectivity index (χ4n) is 2.08. The number of aryl methyl sites for hydroxylation is 1. The van der Waals surface area contributed by atoms with Gasteiger partial charge in [-0.15, -0.1) is 12.4 Å². The highest BCUT2D eigenvalue weighted by Gasteiger charge is 2.13. The molecule has 0 fully saturated rings. The highest BCUT2D eigenvalue weighted by molar-refractivity contribution is 5.96. The summed E-state index contributed by atoms with van der Waals surface area (Å²) in [4.78, 5) is 16.4. The van der Waals surface area contributed by atoms with Crippen LogP contribution in [-0.4, -0.2) is 35.2 Å². The highest BCUT2D eigenvalue weighted by atomic mass is 35.5. The summed E-state index contributed by atoms with van der Waals surface area (Å²) in [7, 11) is 0. The van der Waals surface area contributed by atoms with E-state index >= 15 is 0 Å². The molecule has 0 saturated carbocycles. The van der Waals surface area contributed by atoms with Gasteiger partial charge in [0.2, 0.25) is 11.7 Å². The third kappa shape index (κ3) is 5.82. The third-order valence-electron chi connectivity index (χ3n) is 3.18.